The van der Waals surface area contributed by atoms with Crippen LogP contribution < -0.4 is 16.4 Å². The van der Waals surface area contributed by atoms with Crippen LogP contribution >= 0.6 is 0 Å². The minimum atomic E-state index is -0.540. The predicted molar refractivity (Wildman–Crippen MR) is 98.3 cm³/mol. The van der Waals surface area contributed by atoms with Crippen molar-refractivity contribution in [2.75, 3.05) is 4.90 Å². The van der Waals surface area contributed by atoms with Crippen LogP contribution in [-0.4, -0.2) is 22.7 Å². The van der Waals surface area contributed by atoms with Crippen molar-refractivity contribution in [3.63, 3.8) is 0 Å². The van der Waals surface area contributed by atoms with E-state index in [0.717, 1.165) is 31.2 Å². The lowest BCUT2D eigenvalue weighted by molar-refractivity contribution is 0.303. The molecule has 6 heteroatoms. The molecule has 1 saturated carbocycles. The Morgan fingerprint density at radius 3 is 2.42 bits per heavy atom. The fourth-order valence-corrected chi connectivity index (χ4v) is 3.64. The first kappa shape index (κ1) is 16.6. The summed E-state index contributed by atoms with van der Waals surface area (Å²) >= 11 is 0. The number of hydrogen-bond donors (Lipinski definition) is 3. The number of rotatable bonds is 1. The highest BCUT2D eigenvalue weighted by Crippen LogP contribution is 2.43. The molecule has 2 aliphatic rings. The number of guanidine groups is 2. The van der Waals surface area contributed by atoms with Gasteiger partial charge in [-0.1, -0.05) is 33.3 Å². The van der Waals surface area contributed by atoms with Crippen molar-refractivity contribution in [3.8, 4) is 5.75 Å². The highest BCUT2D eigenvalue weighted by molar-refractivity contribution is 6.06. The summed E-state index contributed by atoms with van der Waals surface area (Å²) in [6.07, 6.45) is 4.99. The van der Waals surface area contributed by atoms with Gasteiger partial charge in [0.2, 0.25) is 11.9 Å². The average molecular weight is 329 g/mol. The smallest absolute Gasteiger partial charge is 0.220 e. The number of nitrogens with two attached hydrogens (primary N) is 2. The summed E-state index contributed by atoms with van der Waals surface area (Å²) < 4.78 is 0. The van der Waals surface area contributed by atoms with Crippen molar-refractivity contribution in [3.05, 3.63) is 23.8 Å². The molecular formula is C18H27N5O. The number of anilines is 1. The number of nitrogens with zero attached hydrogens (tertiary/aromatic N) is 3. The summed E-state index contributed by atoms with van der Waals surface area (Å²) in [7, 11) is 0. The molecule has 1 fully saturated rings. The van der Waals surface area contributed by atoms with Crippen molar-refractivity contribution in [2.45, 2.75) is 64.0 Å². The van der Waals surface area contributed by atoms with E-state index < -0.39 is 5.66 Å². The van der Waals surface area contributed by atoms with Gasteiger partial charge in [0.05, 0.1) is 5.69 Å². The van der Waals surface area contributed by atoms with Gasteiger partial charge < -0.3 is 16.6 Å². The molecule has 1 heterocycles. The zero-order chi connectivity index (χ0) is 17.5. The second-order valence-corrected chi connectivity index (χ2v) is 7.77. The predicted octanol–water partition coefficient (Wildman–Crippen LogP) is 2.80. The van der Waals surface area contributed by atoms with Crippen LogP contribution in [0.3, 0.4) is 0 Å². The van der Waals surface area contributed by atoms with Crippen molar-refractivity contribution in [1.82, 2.24) is 0 Å². The standard InChI is InChI=1S/C18H27N5O/c1-17(2,3)12-7-8-14(24)13(11-12)23-16(20)21-15(19)22-18(23)9-5-4-6-10-18/h7-8,11,24H,4-6,9-10H2,1-3H3,(H4,19,20,21,22). The first-order chi connectivity index (χ1) is 11.2. The molecule has 0 radical (unpaired) electrons. The quantitative estimate of drug-likeness (QED) is 0.737. The fourth-order valence-electron chi connectivity index (χ4n) is 3.64. The van der Waals surface area contributed by atoms with Crippen LogP contribution in [0.25, 0.3) is 0 Å². The lowest BCUT2D eigenvalue weighted by atomic mass is 9.85. The fraction of sp³-hybridized carbons (Fsp3) is 0.556. The zero-order valence-corrected chi connectivity index (χ0v) is 14.7. The average Bonchev–Trinajstić information content (AvgIpc) is 2.48. The van der Waals surface area contributed by atoms with Crippen LogP contribution in [0.5, 0.6) is 5.75 Å². The molecule has 0 unspecified atom stereocenters. The lowest BCUT2D eigenvalue weighted by Crippen LogP contribution is -2.58. The molecule has 0 aromatic heterocycles. The van der Waals surface area contributed by atoms with E-state index in [1.807, 2.05) is 17.0 Å². The summed E-state index contributed by atoms with van der Waals surface area (Å²) in [6, 6.07) is 5.66. The van der Waals surface area contributed by atoms with Crippen molar-refractivity contribution >= 4 is 17.6 Å². The Hall–Kier alpha value is -2.24. The molecule has 3 rings (SSSR count). The second-order valence-electron chi connectivity index (χ2n) is 7.77. The van der Waals surface area contributed by atoms with E-state index in [1.165, 1.54) is 6.42 Å². The van der Waals surface area contributed by atoms with Crippen LogP contribution in [0.1, 0.15) is 58.4 Å². The van der Waals surface area contributed by atoms with Crippen LogP contribution in [0.4, 0.5) is 5.69 Å². The largest absolute Gasteiger partial charge is 0.506 e. The summed E-state index contributed by atoms with van der Waals surface area (Å²) in [4.78, 5) is 10.7. The molecule has 130 valence electrons. The summed E-state index contributed by atoms with van der Waals surface area (Å²) in [5.41, 5.74) is 13.3. The van der Waals surface area contributed by atoms with Gasteiger partial charge in [-0.25, -0.2) is 4.99 Å². The normalized spacial score (nSPS) is 20.7. The third-order valence-corrected chi connectivity index (χ3v) is 4.93. The van der Waals surface area contributed by atoms with E-state index >= 15 is 0 Å². The molecule has 0 bridgehead atoms. The Morgan fingerprint density at radius 1 is 1.12 bits per heavy atom. The Morgan fingerprint density at radius 2 is 1.79 bits per heavy atom. The number of aromatic hydroxyl groups is 1. The summed E-state index contributed by atoms with van der Waals surface area (Å²) in [6.45, 7) is 6.43. The van der Waals surface area contributed by atoms with E-state index in [1.54, 1.807) is 6.07 Å². The molecule has 0 atom stereocenters. The molecular weight excluding hydrogens is 302 g/mol. The molecule has 0 saturated heterocycles. The first-order valence-electron chi connectivity index (χ1n) is 8.56. The van der Waals surface area contributed by atoms with Crippen molar-refractivity contribution in [1.29, 1.82) is 0 Å². The maximum atomic E-state index is 10.5. The molecule has 24 heavy (non-hydrogen) atoms. The number of phenols is 1. The highest BCUT2D eigenvalue weighted by Gasteiger charge is 2.43. The third kappa shape index (κ3) is 2.81. The second kappa shape index (κ2) is 5.69. The lowest BCUT2D eigenvalue weighted by Gasteiger charge is -2.46. The Labute approximate surface area is 143 Å². The third-order valence-electron chi connectivity index (χ3n) is 4.93. The minimum absolute atomic E-state index is 0.0356. The van der Waals surface area contributed by atoms with Gasteiger partial charge in [0, 0.05) is 0 Å². The molecule has 1 spiro atoms. The van der Waals surface area contributed by atoms with Gasteiger partial charge in [0.15, 0.2) is 0 Å². The maximum Gasteiger partial charge on any atom is 0.220 e. The van der Waals surface area contributed by atoms with Gasteiger partial charge in [0.25, 0.3) is 0 Å². The van der Waals surface area contributed by atoms with Gasteiger partial charge in [-0.15, -0.1) is 0 Å². The van der Waals surface area contributed by atoms with Crippen molar-refractivity contribution < 1.29 is 5.11 Å². The first-order valence-corrected chi connectivity index (χ1v) is 8.56. The number of phenolic OH excluding ortho intramolecular Hbond substituents is 1. The van der Waals surface area contributed by atoms with Crippen LogP contribution in [0, 0.1) is 0 Å². The Kier molecular flexibility index (Phi) is 3.94. The van der Waals surface area contributed by atoms with E-state index in [4.69, 9.17) is 11.5 Å². The minimum Gasteiger partial charge on any atom is -0.506 e. The van der Waals surface area contributed by atoms with Crippen LogP contribution in [0.15, 0.2) is 28.2 Å². The van der Waals surface area contributed by atoms with Crippen LogP contribution in [-0.2, 0) is 5.41 Å². The summed E-state index contributed by atoms with van der Waals surface area (Å²) in [5.74, 6) is 0.699. The monoisotopic (exact) mass is 329 g/mol. The molecule has 1 aromatic carbocycles. The molecule has 1 aliphatic carbocycles. The van der Waals surface area contributed by atoms with Gasteiger partial charge >= 0.3 is 0 Å². The SMILES string of the molecule is CC(C)(C)c1ccc(O)c(N2C(N)=NC(N)=NC23CCCCC3)c1. The number of benzene rings is 1. The summed E-state index contributed by atoms with van der Waals surface area (Å²) in [5, 5.41) is 10.5. The topological polar surface area (TPSA) is 100 Å². The molecule has 0 amide bonds. The highest BCUT2D eigenvalue weighted by atomic mass is 16.3. The van der Waals surface area contributed by atoms with Crippen LogP contribution in [0.2, 0.25) is 0 Å². The molecule has 6 nitrogen and oxygen atoms in total. The van der Waals surface area contributed by atoms with Gasteiger partial charge in [-0.3, -0.25) is 4.90 Å². The molecule has 1 aromatic rings. The van der Waals surface area contributed by atoms with Gasteiger partial charge in [-0.05, 0) is 48.8 Å². The number of aliphatic imine (C=N–C) groups is 2. The zero-order valence-electron chi connectivity index (χ0n) is 14.7. The van der Waals surface area contributed by atoms with E-state index in [2.05, 4.69) is 30.8 Å². The molecule has 1 aliphatic heterocycles. The molecule has 5 N–H and O–H groups in total. The van der Waals surface area contributed by atoms with Gasteiger partial charge in [-0.2, -0.15) is 4.99 Å². The van der Waals surface area contributed by atoms with E-state index in [-0.39, 0.29) is 17.1 Å². The Bertz CT molecular complexity index is 696. The van der Waals surface area contributed by atoms with E-state index in [0.29, 0.717) is 11.6 Å². The number of hydrogen-bond acceptors (Lipinski definition) is 6. The van der Waals surface area contributed by atoms with Gasteiger partial charge in [0.1, 0.15) is 11.4 Å². The Balaban J connectivity index is 2.14. The van der Waals surface area contributed by atoms with E-state index in [9.17, 15) is 5.11 Å². The van der Waals surface area contributed by atoms with Crippen molar-refractivity contribution in [2.24, 2.45) is 21.5 Å². The maximum absolute atomic E-state index is 10.5.